The normalized spacial score (nSPS) is 12.3. The molecule has 0 radical (unpaired) electrons. The van der Waals surface area contributed by atoms with Gasteiger partial charge >= 0.3 is 0 Å². The summed E-state index contributed by atoms with van der Waals surface area (Å²) in [4.78, 5) is 13.8. The predicted octanol–water partition coefficient (Wildman–Crippen LogP) is 3.72. The summed E-state index contributed by atoms with van der Waals surface area (Å²) in [6.07, 6.45) is 0.800. The van der Waals surface area contributed by atoms with Crippen molar-refractivity contribution in [3.63, 3.8) is 0 Å². The zero-order valence-electron chi connectivity index (χ0n) is 9.71. The van der Waals surface area contributed by atoms with Crippen LogP contribution in [-0.4, -0.2) is 29.2 Å². The maximum absolute atomic E-state index is 13.5. The second-order valence-corrected chi connectivity index (χ2v) is 5.86. The minimum Gasteiger partial charge on any atom is -0.342 e. The third kappa shape index (κ3) is 3.96. The Balaban J connectivity index is 2.82. The fourth-order valence-electron chi connectivity index (χ4n) is 1.37. The maximum Gasteiger partial charge on any atom is 0.258 e. The van der Waals surface area contributed by atoms with E-state index in [1.807, 2.05) is 6.92 Å². The van der Waals surface area contributed by atoms with Crippen molar-refractivity contribution in [2.75, 3.05) is 13.6 Å². The first-order chi connectivity index (χ1) is 7.93. The highest BCUT2D eigenvalue weighted by Crippen LogP contribution is 2.20. The number of amides is 1. The van der Waals surface area contributed by atoms with Crippen LogP contribution in [0.15, 0.2) is 18.2 Å². The van der Waals surface area contributed by atoms with Crippen LogP contribution in [0.5, 0.6) is 0 Å². The lowest BCUT2D eigenvalue weighted by atomic mass is 10.2. The van der Waals surface area contributed by atoms with Crippen molar-refractivity contribution in [2.45, 2.75) is 18.2 Å². The Morgan fingerprint density at radius 2 is 2.24 bits per heavy atom. The van der Waals surface area contributed by atoms with Crippen LogP contribution in [0.4, 0.5) is 4.39 Å². The third-order valence-electron chi connectivity index (χ3n) is 2.39. The summed E-state index contributed by atoms with van der Waals surface area (Å²) >= 11 is 9.23. The van der Waals surface area contributed by atoms with Gasteiger partial charge in [-0.2, -0.15) is 0 Å². The van der Waals surface area contributed by atoms with Gasteiger partial charge in [-0.05, 0) is 18.6 Å². The molecule has 0 aliphatic carbocycles. The van der Waals surface area contributed by atoms with Gasteiger partial charge in [0.15, 0.2) is 0 Å². The highest BCUT2D eigenvalue weighted by molar-refractivity contribution is 9.09. The molecule has 0 saturated carbocycles. The fraction of sp³-hybridized carbons (Fsp3) is 0.417. The van der Waals surface area contributed by atoms with Gasteiger partial charge in [0, 0.05) is 18.4 Å². The fourth-order valence-corrected chi connectivity index (χ4v) is 1.81. The SMILES string of the molecule is CC(Br)CCN(C)C(=O)c1c(F)cccc1Cl. The Morgan fingerprint density at radius 1 is 1.59 bits per heavy atom. The first kappa shape index (κ1) is 14.5. The number of carbonyl (C=O) groups is 1. The van der Waals surface area contributed by atoms with Crippen molar-refractivity contribution in [2.24, 2.45) is 0 Å². The molecule has 0 fully saturated rings. The second kappa shape index (κ2) is 6.36. The number of alkyl halides is 1. The molecular weight excluding hydrogens is 308 g/mol. The van der Waals surface area contributed by atoms with E-state index in [0.29, 0.717) is 11.4 Å². The quantitative estimate of drug-likeness (QED) is 0.774. The van der Waals surface area contributed by atoms with Gasteiger partial charge in [-0.25, -0.2) is 4.39 Å². The van der Waals surface area contributed by atoms with E-state index in [2.05, 4.69) is 15.9 Å². The zero-order chi connectivity index (χ0) is 13.0. The first-order valence-electron chi connectivity index (χ1n) is 5.27. The molecule has 0 aliphatic rings. The Hall–Kier alpha value is -0.610. The van der Waals surface area contributed by atoms with Gasteiger partial charge in [0.25, 0.3) is 5.91 Å². The van der Waals surface area contributed by atoms with Crippen LogP contribution in [0.2, 0.25) is 5.02 Å². The predicted molar refractivity (Wildman–Crippen MR) is 71.4 cm³/mol. The van der Waals surface area contributed by atoms with Crippen LogP contribution in [0.25, 0.3) is 0 Å². The Labute approximate surface area is 114 Å². The van der Waals surface area contributed by atoms with E-state index in [0.717, 1.165) is 6.42 Å². The van der Waals surface area contributed by atoms with Crippen LogP contribution >= 0.6 is 27.5 Å². The van der Waals surface area contributed by atoms with E-state index < -0.39 is 5.82 Å². The largest absolute Gasteiger partial charge is 0.342 e. The highest BCUT2D eigenvalue weighted by Gasteiger charge is 2.19. The molecule has 17 heavy (non-hydrogen) atoms. The topological polar surface area (TPSA) is 20.3 Å². The Morgan fingerprint density at radius 3 is 2.76 bits per heavy atom. The number of hydrogen-bond acceptors (Lipinski definition) is 1. The lowest BCUT2D eigenvalue weighted by Gasteiger charge is -2.18. The van der Waals surface area contributed by atoms with Gasteiger partial charge in [0.05, 0.1) is 10.6 Å². The lowest BCUT2D eigenvalue weighted by Crippen LogP contribution is -2.29. The van der Waals surface area contributed by atoms with Gasteiger partial charge in [-0.3, -0.25) is 4.79 Å². The van der Waals surface area contributed by atoms with E-state index in [9.17, 15) is 9.18 Å². The summed E-state index contributed by atoms with van der Waals surface area (Å²) in [5, 5.41) is 0.147. The van der Waals surface area contributed by atoms with Gasteiger partial charge in [-0.1, -0.05) is 40.5 Å². The van der Waals surface area contributed by atoms with Crippen molar-refractivity contribution in [1.82, 2.24) is 4.90 Å². The molecule has 1 rings (SSSR count). The number of carbonyl (C=O) groups excluding carboxylic acids is 1. The summed E-state index contributed by atoms with van der Waals surface area (Å²) in [6.45, 7) is 2.55. The van der Waals surface area contributed by atoms with E-state index in [1.54, 1.807) is 7.05 Å². The molecule has 5 heteroatoms. The third-order valence-corrected chi connectivity index (χ3v) is 3.16. The maximum atomic E-state index is 13.5. The van der Waals surface area contributed by atoms with Gasteiger partial charge in [0.1, 0.15) is 5.82 Å². The van der Waals surface area contributed by atoms with Crippen LogP contribution in [-0.2, 0) is 0 Å². The van der Waals surface area contributed by atoms with Crippen LogP contribution in [0.3, 0.4) is 0 Å². The summed E-state index contributed by atoms with van der Waals surface area (Å²) < 4.78 is 13.5. The van der Waals surface area contributed by atoms with Crippen molar-refractivity contribution in [3.05, 3.63) is 34.6 Å². The summed E-state index contributed by atoms with van der Waals surface area (Å²) in [5.41, 5.74) is -0.0566. The Kier molecular flexibility index (Phi) is 5.40. The van der Waals surface area contributed by atoms with E-state index in [-0.39, 0.29) is 16.5 Å². The molecule has 0 heterocycles. The monoisotopic (exact) mass is 321 g/mol. The molecular formula is C12H14BrClFNO. The smallest absolute Gasteiger partial charge is 0.258 e. The highest BCUT2D eigenvalue weighted by atomic mass is 79.9. The van der Waals surface area contributed by atoms with E-state index >= 15 is 0 Å². The molecule has 1 atom stereocenters. The van der Waals surface area contributed by atoms with Gasteiger partial charge < -0.3 is 4.90 Å². The number of halogens is 3. The number of benzene rings is 1. The molecule has 0 aromatic heterocycles. The minimum absolute atomic E-state index is 0.0566. The molecule has 94 valence electrons. The molecule has 0 bridgehead atoms. The van der Waals surface area contributed by atoms with Crippen LogP contribution < -0.4 is 0 Å². The Bertz CT molecular complexity index is 391. The summed E-state index contributed by atoms with van der Waals surface area (Å²) in [7, 11) is 1.64. The molecule has 0 saturated heterocycles. The number of rotatable bonds is 4. The minimum atomic E-state index is -0.582. The molecule has 1 aromatic carbocycles. The lowest BCUT2D eigenvalue weighted by molar-refractivity contribution is 0.0789. The first-order valence-corrected chi connectivity index (χ1v) is 6.56. The molecule has 1 unspecified atom stereocenters. The van der Waals surface area contributed by atoms with Crippen LogP contribution in [0.1, 0.15) is 23.7 Å². The number of nitrogens with zero attached hydrogens (tertiary/aromatic N) is 1. The molecule has 2 nitrogen and oxygen atoms in total. The molecule has 0 aliphatic heterocycles. The van der Waals surface area contributed by atoms with Crippen molar-refractivity contribution in [3.8, 4) is 0 Å². The summed E-state index contributed by atoms with van der Waals surface area (Å²) in [5.74, 6) is -0.970. The van der Waals surface area contributed by atoms with Crippen molar-refractivity contribution < 1.29 is 9.18 Å². The summed E-state index contributed by atoms with van der Waals surface area (Å²) in [6, 6.07) is 4.23. The second-order valence-electron chi connectivity index (χ2n) is 3.89. The molecule has 0 spiro atoms. The van der Waals surface area contributed by atoms with Gasteiger partial charge in [-0.15, -0.1) is 0 Å². The van der Waals surface area contributed by atoms with E-state index in [1.165, 1.54) is 23.1 Å². The van der Waals surface area contributed by atoms with Crippen molar-refractivity contribution in [1.29, 1.82) is 0 Å². The van der Waals surface area contributed by atoms with E-state index in [4.69, 9.17) is 11.6 Å². The molecule has 0 N–H and O–H groups in total. The average Bonchev–Trinajstić information content (AvgIpc) is 2.25. The molecule has 1 aromatic rings. The average molecular weight is 323 g/mol. The van der Waals surface area contributed by atoms with Gasteiger partial charge in [0.2, 0.25) is 0 Å². The van der Waals surface area contributed by atoms with Crippen molar-refractivity contribution >= 4 is 33.4 Å². The standard InChI is InChI=1S/C12H14BrClFNO/c1-8(13)6-7-16(2)12(17)11-9(14)4-3-5-10(11)15/h3-5,8H,6-7H2,1-2H3. The number of hydrogen-bond donors (Lipinski definition) is 0. The molecule has 1 amide bonds. The van der Waals surface area contributed by atoms with Crippen LogP contribution in [0, 0.1) is 5.82 Å². The zero-order valence-corrected chi connectivity index (χ0v) is 12.1.